The van der Waals surface area contributed by atoms with E-state index >= 15 is 0 Å². The second-order valence-corrected chi connectivity index (χ2v) is 5.13. The van der Waals surface area contributed by atoms with E-state index in [0.29, 0.717) is 24.0 Å². The van der Waals surface area contributed by atoms with Crippen LogP contribution in [0, 0.1) is 5.92 Å². The maximum atomic E-state index is 11.9. The molecule has 0 saturated heterocycles. The molecule has 100 valence electrons. The maximum Gasteiger partial charge on any atom is 0.272 e. The van der Waals surface area contributed by atoms with Gasteiger partial charge in [0.2, 0.25) is 0 Å². The molecule has 5 nitrogen and oxygen atoms in total. The molecule has 1 aromatic heterocycles. The van der Waals surface area contributed by atoms with Crippen molar-refractivity contribution >= 4 is 11.6 Å². The maximum absolute atomic E-state index is 11.9. The molecular weight excluding hydrogens is 228 g/mol. The minimum Gasteiger partial charge on any atom is -0.396 e. The van der Waals surface area contributed by atoms with Crippen LogP contribution in [0.2, 0.25) is 0 Å². The Hall–Kier alpha value is -1.65. The molecule has 0 unspecified atom stereocenters. The molecule has 0 atom stereocenters. The summed E-state index contributed by atoms with van der Waals surface area (Å²) in [6, 6.07) is 0. The quantitative estimate of drug-likeness (QED) is 0.837. The molecule has 0 aromatic carbocycles. The lowest BCUT2D eigenvalue weighted by Crippen LogP contribution is -2.27. The predicted octanol–water partition coefficient (Wildman–Crippen LogP) is 1.96. The van der Waals surface area contributed by atoms with Crippen LogP contribution in [-0.4, -0.2) is 22.4 Å². The zero-order chi connectivity index (χ0) is 13.7. The average molecular weight is 250 g/mol. The molecular formula is C13H22N4O. The van der Waals surface area contributed by atoms with Crippen molar-refractivity contribution < 1.29 is 4.79 Å². The summed E-state index contributed by atoms with van der Waals surface area (Å²) in [6.07, 6.45) is 2.44. The van der Waals surface area contributed by atoms with Gasteiger partial charge in [0.05, 0.1) is 11.9 Å². The average Bonchev–Trinajstić information content (AvgIpc) is 2.28. The highest BCUT2D eigenvalue weighted by Crippen LogP contribution is 2.13. The third kappa shape index (κ3) is 3.98. The number of nitrogen functional groups attached to an aromatic ring is 1. The molecule has 1 heterocycles. The smallest absolute Gasteiger partial charge is 0.272 e. The number of nitrogens with two attached hydrogens (primary N) is 1. The molecule has 0 fully saturated rings. The summed E-state index contributed by atoms with van der Waals surface area (Å²) in [5, 5.41) is 2.83. The summed E-state index contributed by atoms with van der Waals surface area (Å²) in [4.78, 5) is 20.3. The fourth-order valence-electron chi connectivity index (χ4n) is 1.42. The fraction of sp³-hybridized carbons (Fsp3) is 0.615. The molecule has 0 spiro atoms. The summed E-state index contributed by atoms with van der Waals surface area (Å²) in [7, 11) is 0. The fourth-order valence-corrected chi connectivity index (χ4v) is 1.42. The van der Waals surface area contributed by atoms with Crippen molar-refractivity contribution in [1.29, 1.82) is 0 Å². The largest absolute Gasteiger partial charge is 0.396 e. The van der Waals surface area contributed by atoms with Gasteiger partial charge in [0.1, 0.15) is 5.82 Å². The molecule has 0 bridgehead atoms. The summed E-state index contributed by atoms with van der Waals surface area (Å²) >= 11 is 0. The molecule has 1 rings (SSSR count). The van der Waals surface area contributed by atoms with Gasteiger partial charge in [0.25, 0.3) is 5.91 Å². The van der Waals surface area contributed by atoms with Gasteiger partial charge in [0.15, 0.2) is 5.69 Å². The monoisotopic (exact) mass is 250 g/mol. The first-order valence-electron chi connectivity index (χ1n) is 6.32. The van der Waals surface area contributed by atoms with E-state index < -0.39 is 0 Å². The first-order chi connectivity index (χ1) is 8.41. The third-order valence-electron chi connectivity index (χ3n) is 2.57. The number of amides is 1. The molecule has 0 saturated carbocycles. The van der Waals surface area contributed by atoms with Crippen LogP contribution < -0.4 is 11.1 Å². The van der Waals surface area contributed by atoms with Crippen LogP contribution >= 0.6 is 0 Å². The van der Waals surface area contributed by atoms with E-state index in [4.69, 9.17) is 5.73 Å². The minimum atomic E-state index is -0.225. The molecule has 0 aliphatic heterocycles. The molecule has 0 aliphatic carbocycles. The van der Waals surface area contributed by atoms with Crippen molar-refractivity contribution in [1.82, 2.24) is 15.3 Å². The highest BCUT2D eigenvalue weighted by molar-refractivity contribution is 5.96. The van der Waals surface area contributed by atoms with Gasteiger partial charge in [-0.1, -0.05) is 27.7 Å². The van der Waals surface area contributed by atoms with Gasteiger partial charge >= 0.3 is 0 Å². The first kappa shape index (κ1) is 14.4. The van der Waals surface area contributed by atoms with Crippen LogP contribution in [0.5, 0.6) is 0 Å². The highest BCUT2D eigenvalue weighted by atomic mass is 16.1. The van der Waals surface area contributed by atoms with E-state index in [0.717, 1.165) is 6.42 Å². The molecule has 3 N–H and O–H groups in total. The van der Waals surface area contributed by atoms with Crippen LogP contribution in [0.3, 0.4) is 0 Å². The number of rotatable bonds is 5. The zero-order valence-electron chi connectivity index (χ0n) is 11.5. The van der Waals surface area contributed by atoms with Gasteiger partial charge in [-0.05, 0) is 12.3 Å². The van der Waals surface area contributed by atoms with E-state index in [1.54, 1.807) is 0 Å². The number of nitrogens with one attached hydrogen (secondary N) is 1. The lowest BCUT2D eigenvalue weighted by molar-refractivity contribution is 0.0947. The number of carbonyl (C=O) groups is 1. The Balaban J connectivity index is 2.75. The van der Waals surface area contributed by atoms with Gasteiger partial charge in [-0.25, -0.2) is 9.97 Å². The van der Waals surface area contributed by atoms with Gasteiger partial charge in [-0.2, -0.15) is 0 Å². The van der Waals surface area contributed by atoms with Crippen molar-refractivity contribution in [3.05, 3.63) is 17.7 Å². The topological polar surface area (TPSA) is 80.9 Å². The second-order valence-electron chi connectivity index (χ2n) is 5.13. The van der Waals surface area contributed by atoms with E-state index in [1.165, 1.54) is 6.20 Å². The van der Waals surface area contributed by atoms with Crippen LogP contribution in [0.25, 0.3) is 0 Å². The molecule has 1 aromatic rings. The van der Waals surface area contributed by atoms with E-state index in [9.17, 15) is 4.79 Å². The van der Waals surface area contributed by atoms with Gasteiger partial charge in [-0.3, -0.25) is 4.79 Å². The standard InChI is InChI=1S/C13H22N4O/c1-8(2)5-6-15-13(18)11-10(14)7-16-12(17-11)9(3)4/h7-9H,5-6,14H2,1-4H3,(H,15,18). The first-order valence-corrected chi connectivity index (χ1v) is 6.32. The number of aromatic nitrogens is 2. The zero-order valence-corrected chi connectivity index (χ0v) is 11.5. The number of hydrogen-bond acceptors (Lipinski definition) is 4. The normalized spacial score (nSPS) is 11.0. The Labute approximate surface area is 108 Å². The van der Waals surface area contributed by atoms with E-state index in [-0.39, 0.29) is 17.5 Å². The second kappa shape index (κ2) is 6.33. The minimum absolute atomic E-state index is 0.174. The molecule has 0 radical (unpaired) electrons. The Bertz CT molecular complexity index is 415. The Kier molecular flexibility index (Phi) is 5.07. The Morgan fingerprint density at radius 1 is 1.39 bits per heavy atom. The summed E-state index contributed by atoms with van der Waals surface area (Å²) in [5.41, 5.74) is 6.33. The predicted molar refractivity (Wildman–Crippen MR) is 72.3 cm³/mol. The Morgan fingerprint density at radius 2 is 2.06 bits per heavy atom. The van der Waals surface area contributed by atoms with Crippen LogP contribution in [0.1, 0.15) is 56.3 Å². The van der Waals surface area contributed by atoms with Crippen LogP contribution in [0.15, 0.2) is 6.20 Å². The van der Waals surface area contributed by atoms with Crippen molar-refractivity contribution in [2.24, 2.45) is 5.92 Å². The highest BCUT2D eigenvalue weighted by Gasteiger charge is 2.14. The molecule has 5 heteroatoms. The van der Waals surface area contributed by atoms with Crippen LogP contribution in [0.4, 0.5) is 5.69 Å². The van der Waals surface area contributed by atoms with Gasteiger partial charge < -0.3 is 11.1 Å². The Morgan fingerprint density at radius 3 is 2.61 bits per heavy atom. The van der Waals surface area contributed by atoms with Crippen molar-refractivity contribution in [2.75, 3.05) is 12.3 Å². The summed E-state index contributed by atoms with van der Waals surface area (Å²) in [6.45, 7) is 8.82. The lowest BCUT2D eigenvalue weighted by Gasteiger charge is -2.10. The third-order valence-corrected chi connectivity index (χ3v) is 2.57. The van der Waals surface area contributed by atoms with Crippen molar-refractivity contribution in [2.45, 2.75) is 40.0 Å². The molecule has 0 aliphatic rings. The summed E-state index contributed by atoms with van der Waals surface area (Å²) in [5.74, 6) is 1.14. The lowest BCUT2D eigenvalue weighted by atomic mass is 10.1. The van der Waals surface area contributed by atoms with Crippen molar-refractivity contribution in [3.8, 4) is 0 Å². The van der Waals surface area contributed by atoms with Crippen LogP contribution in [-0.2, 0) is 0 Å². The van der Waals surface area contributed by atoms with Gasteiger partial charge in [0, 0.05) is 12.5 Å². The van der Waals surface area contributed by atoms with E-state index in [2.05, 4.69) is 29.1 Å². The molecule has 18 heavy (non-hydrogen) atoms. The number of anilines is 1. The number of hydrogen-bond donors (Lipinski definition) is 2. The summed E-state index contributed by atoms with van der Waals surface area (Å²) < 4.78 is 0. The van der Waals surface area contributed by atoms with Gasteiger partial charge in [-0.15, -0.1) is 0 Å². The molecule has 1 amide bonds. The SMILES string of the molecule is CC(C)CCNC(=O)c1nc(C(C)C)ncc1N. The van der Waals surface area contributed by atoms with E-state index in [1.807, 2.05) is 13.8 Å². The number of nitrogens with zero attached hydrogens (tertiary/aromatic N) is 2. The van der Waals surface area contributed by atoms with Crippen molar-refractivity contribution in [3.63, 3.8) is 0 Å². The number of carbonyl (C=O) groups excluding carboxylic acids is 1.